The summed E-state index contributed by atoms with van der Waals surface area (Å²) in [5.74, 6) is 0.614. The zero-order chi connectivity index (χ0) is 18.6. The summed E-state index contributed by atoms with van der Waals surface area (Å²) in [6, 6.07) is 16.2. The van der Waals surface area contributed by atoms with E-state index in [2.05, 4.69) is 22.0 Å². The first-order chi connectivity index (χ1) is 13.2. The van der Waals surface area contributed by atoms with Crippen molar-refractivity contribution in [1.82, 2.24) is 9.88 Å². The van der Waals surface area contributed by atoms with E-state index < -0.39 is 0 Å². The number of piperidine rings is 1. The van der Waals surface area contributed by atoms with Crippen molar-refractivity contribution in [2.24, 2.45) is 0 Å². The molecule has 0 atom stereocenters. The third-order valence-electron chi connectivity index (χ3n) is 4.68. The summed E-state index contributed by atoms with van der Waals surface area (Å²) in [4.78, 5) is 17.9. The molecule has 6 heteroatoms. The third-order valence-corrected chi connectivity index (χ3v) is 5.59. The van der Waals surface area contributed by atoms with Crippen LogP contribution in [0, 0.1) is 0 Å². The molecule has 0 aliphatic carbocycles. The van der Waals surface area contributed by atoms with E-state index in [9.17, 15) is 4.79 Å². The zero-order valence-corrected chi connectivity index (χ0v) is 16.1. The second-order valence-electron chi connectivity index (χ2n) is 6.78. The smallest absolute Gasteiger partial charge is 0.302 e. The standard InChI is InChI=1S/C21H22N2O3S/c1-15(24)25-18-10-12-23(13-11-18)14-16-6-8-17(9-7-16)26-21-22-19-4-2-3-5-20(19)27-21/h2-9,18H,10-14H2,1H3. The van der Waals surface area contributed by atoms with E-state index in [1.807, 2.05) is 36.4 Å². The second-order valence-corrected chi connectivity index (χ2v) is 7.77. The molecule has 0 amide bonds. The third kappa shape index (κ3) is 4.64. The number of hydrogen-bond acceptors (Lipinski definition) is 6. The number of thiazole rings is 1. The number of benzene rings is 2. The van der Waals surface area contributed by atoms with Gasteiger partial charge in [-0.2, -0.15) is 0 Å². The first kappa shape index (κ1) is 17.9. The Morgan fingerprint density at radius 1 is 1.15 bits per heavy atom. The summed E-state index contributed by atoms with van der Waals surface area (Å²) >= 11 is 1.55. The van der Waals surface area contributed by atoms with Crippen molar-refractivity contribution < 1.29 is 14.3 Å². The van der Waals surface area contributed by atoms with E-state index in [4.69, 9.17) is 9.47 Å². The molecule has 5 nitrogen and oxygen atoms in total. The lowest BCUT2D eigenvalue weighted by Crippen LogP contribution is -2.37. The van der Waals surface area contributed by atoms with Gasteiger partial charge in [-0.1, -0.05) is 35.6 Å². The Morgan fingerprint density at radius 2 is 1.89 bits per heavy atom. The molecular weight excluding hydrogens is 360 g/mol. The number of rotatable bonds is 5. The van der Waals surface area contributed by atoms with Gasteiger partial charge in [0.25, 0.3) is 5.19 Å². The van der Waals surface area contributed by atoms with E-state index in [0.717, 1.165) is 48.4 Å². The lowest BCUT2D eigenvalue weighted by Gasteiger charge is -2.31. The van der Waals surface area contributed by atoms with Crippen LogP contribution < -0.4 is 4.74 Å². The van der Waals surface area contributed by atoms with Gasteiger partial charge in [0.15, 0.2) is 0 Å². The number of hydrogen-bond donors (Lipinski definition) is 0. The van der Waals surface area contributed by atoms with Crippen LogP contribution in [0.2, 0.25) is 0 Å². The molecule has 1 fully saturated rings. The molecular formula is C21H22N2O3S. The molecule has 0 spiro atoms. The Labute approximate surface area is 162 Å². The fourth-order valence-electron chi connectivity index (χ4n) is 3.34. The van der Waals surface area contributed by atoms with Crippen LogP contribution in [0.1, 0.15) is 25.3 Å². The van der Waals surface area contributed by atoms with Crippen molar-refractivity contribution >= 4 is 27.5 Å². The SMILES string of the molecule is CC(=O)OC1CCN(Cc2ccc(Oc3nc4ccccc4s3)cc2)CC1. The Morgan fingerprint density at radius 3 is 2.59 bits per heavy atom. The van der Waals surface area contributed by atoms with Gasteiger partial charge in [0.2, 0.25) is 0 Å². The molecule has 4 rings (SSSR count). The molecule has 1 saturated heterocycles. The van der Waals surface area contributed by atoms with Crippen molar-refractivity contribution in [3.63, 3.8) is 0 Å². The maximum Gasteiger partial charge on any atom is 0.302 e. The Balaban J connectivity index is 1.32. The molecule has 0 N–H and O–H groups in total. The first-order valence-electron chi connectivity index (χ1n) is 9.18. The molecule has 140 valence electrons. The Bertz CT molecular complexity index is 882. The molecule has 0 saturated carbocycles. The highest BCUT2D eigenvalue weighted by molar-refractivity contribution is 7.20. The van der Waals surface area contributed by atoms with E-state index in [-0.39, 0.29) is 12.1 Å². The number of likely N-dealkylation sites (tertiary alicyclic amines) is 1. The predicted molar refractivity (Wildman–Crippen MR) is 106 cm³/mol. The lowest BCUT2D eigenvalue weighted by atomic mass is 10.1. The number of fused-ring (bicyclic) bond motifs is 1. The van der Waals surface area contributed by atoms with Gasteiger partial charge >= 0.3 is 5.97 Å². The fraction of sp³-hybridized carbons (Fsp3) is 0.333. The number of ether oxygens (including phenoxy) is 2. The minimum absolute atomic E-state index is 0.0725. The molecule has 0 bridgehead atoms. The predicted octanol–water partition coefficient (Wildman–Crippen LogP) is 4.62. The van der Waals surface area contributed by atoms with Crippen LogP contribution >= 0.6 is 11.3 Å². The normalized spacial score (nSPS) is 15.7. The quantitative estimate of drug-likeness (QED) is 0.603. The molecule has 2 heterocycles. The minimum Gasteiger partial charge on any atom is -0.462 e. The van der Waals surface area contributed by atoms with Crippen LogP contribution in [0.3, 0.4) is 0 Å². The molecule has 3 aromatic rings. The maximum absolute atomic E-state index is 11.0. The van der Waals surface area contributed by atoms with Crippen molar-refractivity contribution in [2.45, 2.75) is 32.4 Å². The number of carbonyl (C=O) groups is 1. The van der Waals surface area contributed by atoms with Gasteiger partial charge in [-0.05, 0) is 42.7 Å². The summed E-state index contributed by atoms with van der Waals surface area (Å²) in [6.07, 6.45) is 1.87. The van der Waals surface area contributed by atoms with Crippen LogP contribution in [0.5, 0.6) is 10.9 Å². The molecule has 1 aliphatic heterocycles. The average Bonchev–Trinajstić information content (AvgIpc) is 3.07. The van der Waals surface area contributed by atoms with Crippen LogP contribution in [0.25, 0.3) is 10.2 Å². The van der Waals surface area contributed by atoms with Crippen LogP contribution in [0.15, 0.2) is 48.5 Å². The highest BCUT2D eigenvalue weighted by atomic mass is 32.1. The van der Waals surface area contributed by atoms with E-state index in [0.29, 0.717) is 5.19 Å². The summed E-state index contributed by atoms with van der Waals surface area (Å²) in [7, 11) is 0. The van der Waals surface area contributed by atoms with Crippen LogP contribution in [-0.2, 0) is 16.1 Å². The van der Waals surface area contributed by atoms with Gasteiger partial charge in [0, 0.05) is 26.6 Å². The van der Waals surface area contributed by atoms with E-state index in [1.54, 1.807) is 11.3 Å². The summed E-state index contributed by atoms with van der Waals surface area (Å²) in [6.45, 7) is 4.27. The number of carbonyl (C=O) groups excluding carboxylic acids is 1. The minimum atomic E-state index is -0.183. The maximum atomic E-state index is 11.0. The number of nitrogens with zero attached hydrogens (tertiary/aromatic N) is 2. The summed E-state index contributed by atoms with van der Waals surface area (Å²) in [5.41, 5.74) is 2.21. The molecule has 27 heavy (non-hydrogen) atoms. The lowest BCUT2D eigenvalue weighted by molar-refractivity contribution is -0.148. The first-order valence-corrected chi connectivity index (χ1v) is 9.99. The van der Waals surface area contributed by atoms with Crippen molar-refractivity contribution in [1.29, 1.82) is 0 Å². The highest BCUT2D eigenvalue weighted by Crippen LogP contribution is 2.31. The molecule has 1 aliphatic rings. The van der Waals surface area contributed by atoms with Gasteiger partial charge in [0.1, 0.15) is 11.9 Å². The summed E-state index contributed by atoms with van der Waals surface area (Å²) < 4.78 is 12.3. The van der Waals surface area contributed by atoms with Gasteiger partial charge in [-0.15, -0.1) is 0 Å². The monoisotopic (exact) mass is 382 g/mol. The van der Waals surface area contributed by atoms with E-state index in [1.165, 1.54) is 12.5 Å². The van der Waals surface area contributed by atoms with Crippen molar-refractivity contribution in [3.05, 3.63) is 54.1 Å². The van der Waals surface area contributed by atoms with Crippen molar-refractivity contribution in [2.75, 3.05) is 13.1 Å². The largest absolute Gasteiger partial charge is 0.462 e. The van der Waals surface area contributed by atoms with Gasteiger partial charge in [-0.3, -0.25) is 9.69 Å². The second kappa shape index (κ2) is 8.06. The topological polar surface area (TPSA) is 51.7 Å². The van der Waals surface area contributed by atoms with Crippen LogP contribution in [-0.4, -0.2) is 35.0 Å². The van der Waals surface area contributed by atoms with Gasteiger partial charge in [0.05, 0.1) is 10.2 Å². The number of esters is 1. The van der Waals surface area contributed by atoms with Crippen molar-refractivity contribution in [3.8, 4) is 10.9 Å². The Kier molecular flexibility index (Phi) is 5.36. The molecule has 0 radical (unpaired) electrons. The number of aromatic nitrogens is 1. The fourth-order valence-corrected chi connectivity index (χ4v) is 4.17. The molecule has 0 unspecified atom stereocenters. The van der Waals surface area contributed by atoms with E-state index >= 15 is 0 Å². The van der Waals surface area contributed by atoms with Crippen LogP contribution in [0.4, 0.5) is 0 Å². The summed E-state index contributed by atoms with van der Waals surface area (Å²) in [5, 5.41) is 0.663. The molecule has 2 aromatic carbocycles. The average molecular weight is 382 g/mol. The Hall–Kier alpha value is -2.44. The van der Waals surface area contributed by atoms with Gasteiger partial charge in [-0.25, -0.2) is 4.98 Å². The molecule has 1 aromatic heterocycles. The highest BCUT2D eigenvalue weighted by Gasteiger charge is 2.21. The van der Waals surface area contributed by atoms with Gasteiger partial charge < -0.3 is 9.47 Å². The zero-order valence-electron chi connectivity index (χ0n) is 15.3. The number of para-hydroxylation sites is 1.